The van der Waals surface area contributed by atoms with E-state index in [0.717, 1.165) is 18.8 Å². The fourth-order valence-corrected chi connectivity index (χ4v) is 9.01. The van der Waals surface area contributed by atoms with Gasteiger partial charge in [-0.15, -0.1) is 0 Å². The molecule has 0 aromatic carbocycles. The van der Waals surface area contributed by atoms with E-state index in [1.54, 1.807) is 0 Å². The van der Waals surface area contributed by atoms with Crippen molar-refractivity contribution < 1.29 is 15.3 Å². The Morgan fingerprint density at radius 3 is 2.47 bits per heavy atom. The van der Waals surface area contributed by atoms with Gasteiger partial charge in [0.05, 0.1) is 6.10 Å². The zero-order valence-corrected chi connectivity index (χ0v) is 21.7. The van der Waals surface area contributed by atoms with E-state index in [-0.39, 0.29) is 6.10 Å². The molecule has 4 rings (SSSR count). The van der Waals surface area contributed by atoms with Gasteiger partial charge < -0.3 is 5.11 Å². The summed E-state index contributed by atoms with van der Waals surface area (Å²) in [5, 5.41) is 19.6. The summed E-state index contributed by atoms with van der Waals surface area (Å²) in [5.74, 6) is 2.45. The number of aliphatic hydroxyl groups is 1. The predicted molar refractivity (Wildman–Crippen MR) is 131 cm³/mol. The second-order valence-corrected chi connectivity index (χ2v) is 13.2. The third-order valence-corrected chi connectivity index (χ3v) is 11.3. The number of allylic oxidation sites excluding steroid dienone is 3. The second kappa shape index (κ2) is 8.24. The minimum atomic E-state index is -0.614. The van der Waals surface area contributed by atoms with Crippen LogP contribution in [0.15, 0.2) is 23.3 Å². The Morgan fingerprint density at radius 2 is 1.78 bits per heavy atom. The molecule has 0 radical (unpaired) electrons. The van der Waals surface area contributed by atoms with Crippen LogP contribution in [0.2, 0.25) is 0 Å². The van der Waals surface area contributed by atoms with Crippen molar-refractivity contribution in [1.29, 1.82) is 0 Å². The first-order chi connectivity index (χ1) is 14.9. The third-order valence-electron chi connectivity index (χ3n) is 11.3. The Kier molecular flexibility index (Phi) is 6.30. The van der Waals surface area contributed by atoms with Crippen LogP contribution in [0, 0.1) is 39.9 Å². The molecule has 0 heterocycles. The zero-order valence-electron chi connectivity index (χ0n) is 21.7. The molecule has 182 valence electrons. The van der Waals surface area contributed by atoms with Gasteiger partial charge in [0.2, 0.25) is 0 Å². The highest BCUT2D eigenvalue weighted by atomic mass is 17.1. The van der Waals surface area contributed by atoms with Gasteiger partial charge in [0.1, 0.15) is 5.60 Å². The van der Waals surface area contributed by atoms with Crippen LogP contribution in [0.3, 0.4) is 0 Å². The van der Waals surface area contributed by atoms with Gasteiger partial charge in [-0.3, -0.25) is 5.26 Å². The fraction of sp³-hybridized carbons (Fsp3) is 0.862. The van der Waals surface area contributed by atoms with E-state index in [0.29, 0.717) is 34.0 Å². The van der Waals surface area contributed by atoms with Gasteiger partial charge in [0.15, 0.2) is 0 Å². The molecule has 2 N–H and O–H groups in total. The molecule has 0 aliphatic heterocycles. The van der Waals surface area contributed by atoms with Crippen LogP contribution in [0.4, 0.5) is 0 Å². The minimum absolute atomic E-state index is 0.106. The molecule has 0 aromatic heterocycles. The summed E-state index contributed by atoms with van der Waals surface area (Å²) in [6.07, 6.45) is 15.0. The Balaban J connectivity index is 1.59. The van der Waals surface area contributed by atoms with E-state index in [1.807, 2.05) is 31.1 Å². The number of hydrogen-bond acceptors (Lipinski definition) is 3. The molecule has 2 fully saturated rings. The number of fused-ring (bicyclic) bond motifs is 4. The zero-order chi connectivity index (χ0) is 23.5. The maximum atomic E-state index is 10.6. The molecule has 0 spiro atoms. The van der Waals surface area contributed by atoms with Gasteiger partial charge in [0.25, 0.3) is 0 Å². The van der Waals surface area contributed by atoms with Crippen LogP contribution in [0.1, 0.15) is 106 Å². The molecule has 0 aromatic rings. The summed E-state index contributed by atoms with van der Waals surface area (Å²) in [6, 6.07) is 0. The average Bonchev–Trinajstić information content (AvgIpc) is 3.02. The quantitative estimate of drug-likeness (QED) is 0.261. The summed E-state index contributed by atoms with van der Waals surface area (Å²) in [7, 11) is 0. The van der Waals surface area contributed by atoms with E-state index in [9.17, 15) is 5.11 Å². The predicted octanol–water partition coefficient (Wildman–Crippen LogP) is 7.56. The lowest BCUT2D eigenvalue weighted by Gasteiger charge is -2.60. The van der Waals surface area contributed by atoms with Crippen molar-refractivity contribution in [2.75, 3.05) is 0 Å². The van der Waals surface area contributed by atoms with Crippen LogP contribution < -0.4 is 0 Å². The van der Waals surface area contributed by atoms with Crippen LogP contribution >= 0.6 is 0 Å². The van der Waals surface area contributed by atoms with E-state index in [1.165, 1.54) is 44.9 Å². The van der Waals surface area contributed by atoms with E-state index in [2.05, 4.69) is 45.6 Å². The maximum Gasteiger partial charge on any atom is 0.116 e. The largest absolute Gasteiger partial charge is 0.393 e. The van der Waals surface area contributed by atoms with Gasteiger partial charge in [-0.2, -0.15) is 0 Å². The van der Waals surface area contributed by atoms with Crippen molar-refractivity contribution in [3.8, 4) is 0 Å². The molecule has 8 atom stereocenters. The molecule has 4 aliphatic rings. The van der Waals surface area contributed by atoms with Gasteiger partial charge in [-0.25, -0.2) is 4.89 Å². The summed E-state index contributed by atoms with van der Waals surface area (Å²) >= 11 is 0. The van der Waals surface area contributed by atoms with Gasteiger partial charge in [-0.1, -0.05) is 57.9 Å². The molecule has 2 saturated carbocycles. The van der Waals surface area contributed by atoms with Gasteiger partial charge >= 0.3 is 0 Å². The van der Waals surface area contributed by atoms with Crippen LogP contribution in [0.5, 0.6) is 0 Å². The van der Waals surface area contributed by atoms with E-state index < -0.39 is 5.60 Å². The fourth-order valence-electron chi connectivity index (χ4n) is 9.01. The second-order valence-electron chi connectivity index (χ2n) is 13.2. The molecule has 0 saturated heterocycles. The summed E-state index contributed by atoms with van der Waals surface area (Å²) in [5.41, 5.74) is 4.02. The van der Waals surface area contributed by atoms with Crippen molar-refractivity contribution in [3.63, 3.8) is 0 Å². The smallest absolute Gasteiger partial charge is 0.116 e. The lowest BCUT2D eigenvalue weighted by Crippen LogP contribution is -2.51. The number of aliphatic hydroxyl groups excluding tert-OH is 1. The van der Waals surface area contributed by atoms with Crippen molar-refractivity contribution in [2.45, 2.75) is 118 Å². The first-order valence-corrected chi connectivity index (χ1v) is 13.3. The first-order valence-electron chi connectivity index (χ1n) is 13.3. The topological polar surface area (TPSA) is 49.7 Å². The molecule has 0 amide bonds. The van der Waals surface area contributed by atoms with Gasteiger partial charge in [-0.05, 0) is 112 Å². The Bertz CT molecular complexity index is 781. The van der Waals surface area contributed by atoms with E-state index >= 15 is 0 Å². The summed E-state index contributed by atoms with van der Waals surface area (Å²) in [4.78, 5) is 4.58. The van der Waals surface area contributed by atoms with Crippen molar-refractivity contribution in [3.05, 3.63) is 23.3 Å². The Labute approximate surface area is 196 Å². The molecular weight excluding hydrogens is 396 g/mol. The Hall–Kier alpha value is -0.640. The highest BCUT2D eigenvalue weighted by Gasteiger charge is 2.62. The first kappa shape index (κ1) is 24.5. The SMILES string of the molecule is C[C@H](C/C=C/C(C)(C)OO)[C@H]1CC[C@@]2(C)C3=C(CC[C@]12C)[C@@]1(C)CC[C@H](O)[C@@H](C)C1CC3. The minimum Gasteiger partial charge on any atom is -0.393 e. The molecule has 32 heavy (non-hydrogen) atoms. The molecule has 3 heteroatoms. The molecule has 3 nitrogen and oxygen atoms in total. The number of hydrogen-bond donors (Lipinski definition) is 2. The van der Waals surface area contributed by atoms with Crippen LogP contribution in [0.25, 0.3) is 0 Å². The number of rotatable bonds is 5. The molecule has 0 bridgehead atoms. The molecule has 1 unspecified atom stereocenters. The van der Waals surface area contributed by atoms with Crippen molar-refractivity contribution in [2.24, 2.45) is 39.9 Å². The van der Waals surface area contributed by atoms with Crippen LogP contribution in [-0.2, 0) is 4.89 Å². The highest BCUT2D eigenvalue weighted by molar-refractivity contribution is 5.38. The average molecular weight is 445 g/mol. The third kappa shape index (κ3) is 3.57. The van der Waals surface area contributed by atoms with Crippen LogP contribution in [-0.4, -0.2) is 22.1 Å². The molecule has 4 aliphatic carbocycles. The highest BCUT2D eigenvalue weighted by Crippen LogP contribution is 2.71. The summed E-state index contributed by atoms with van der Waals surface area (Å²) < 4.78 is 0. The van der Waals surface area contributed by atoms with Crippen molar-refractivity contribution >= 4 is 0 Å². The maximum absolute atomic E-state index is 10.6. The Morgan fingerprint density at radius 1 is 1.06 bits per heavy atom. The van der Waals surface area contributed by atoms with Crippen molar-refractivity contribution in [1.82, 2.24) is 0 Å². The lowest BCUT2D eigenvalue weighted by molar-refractivity contribution is -0.297. The normalized spacial score (nSPS) is 45.5. The lowest BCUT2D eigenvalue weighted by atomic mass is 9.45. The standard InChI is InChI=1S/C29H48O3/c1-19(9-8-15-26(3,4)32-31)21-12-17-29(7)24-11-10-22-20(2)25(30)14-16-27(22,5)23(24)13-18-28(21,29)6/h8,15,19-22,25,30-31H,9-14,16-18H2,1-7H3/b15-8+/t19-,20+,21-,22?,25+,27+,28-,29+/m1/s1. The van der Waals surface area contributed by atoms with Gasteiger partial charge in [0, 0.05) is 0 Å². The molecular formula is C29H48O3. The summed E-state index contributed by atoms with van der Waals surface area (Å²) in [6.45, 7) is 16.3. The monoisotopic (exact) mass is 444 g/mol. The van der Waals surface area contributed by atoms with E-state index in [4.69, 9.17) is 5.26 Å².